The lowest BCUT2D eigenvalue weighted by molar-refractivity contribution is 0.0950. The Kier molecular flexibility index (Phi) is 6.49. The molecular formula is C18H22N2OS. The van der Waals surface area contributed by atoms with E-state index in [1.165, 1.54) is 10.5 Å². The molecule has 3 nitrogen and oxygen atoms in total. The van der Waals surface area contributed by atoms with Gasteiger partial charge in [-0.05, 0) is 43.8 Å². The number of rotatable bonds is 7. The zero-order valence-electron chi connectivity index (χ0n) is 13.0. The summed E-state index contributed by atoms with van der Waals surface area (Å²) in [5, 5.41) is 6.01. The first-order chi connectivity index (χ1) is 10.7. The molecule has 1 atom stereocenters. The highest BCUT2D eigenvalue weighted by molar-refractivity contribution is 7.98. The molecule has 0 saturated carbocycles. The standard InChI is InChI=1S/C18H22N2OS/c1-14(19-2)12-20-18(21)16-8-10-17(11-9-16)22-13-15-6-4-3-5-7-15/h3-11,14,19H,12-13H2,1-2H3,(H,20,21). The Morgan fingerprint density at radius 2 is 1.77 bits per heavy atom. The van der Waals surface area contributed by atoms with E-state index in [0.29, 0.717) is 12.1 Å². The van der Waals surface area contributed by atoms with Crippen LogP contribution >= 0.6 is 11.8 Å². The average molecular weight is 314 g/mol. The van der Waals surface area contributed by atoms with Gasteiger partial charge < -0.3 is 10.6 Å². The maximum atomic E-state index is 12.0. The van der Waals surface area contributed by atoms with E-state index in [1.54, 1.807) is 11.8 Å². The van der Waals surface area contributed by atoms with Crippen molar-refractivity contribution in [1.82, 2.24) is 10.6 Å². The van der Waals surface area contributed by atoms with Crippen LogP contribution in [-0.4, -0.2) is 25.5 Å². The SMILES string of the molecule is CNC(C)CNC(=O)c1ccc(SCc2ccccc2)cc1. The van der Waals surface area contributed by atoms with Gasteiger partial charge in [0, 0.05) is 28.8 Å². The van der Waals surface area contributed by atoms with Gasteiger partial charge >= 0.3 is 0 Å². The van der Waals surface area contributed by atoms with Crippen LogP contribution in [0.15, 0.2) is 59.5 Å². The summed E-state index contributed by atoms with van der Waals surface area (Å²) < 4.78 is 0. The second-order valence-corrected chi connectivity index (χ2v) is 6.25. The fourth-order valence-corrected chi connectivity index (χ4v) is 2.75. The Morgan fingerprint density at radius 3 is 2.41 bits per heavy atom. The maximum absolute atomic E-state index is 12.0. The summed E-state index contributed by atoms with van der Waals surface area (Å²) in [7, 11) is 1.88. The van der Waals surface area contributed by atoms with Gasteiger partial charge in [-0.15, -0.1) is 11.8 Å². The highest BCUT2D eigenvalue weighted by Gasteiger charge is 2.06. The van der Waals surface area contributed by atoms with Crippen molar-refractivity contribution in [3.8, 4) is 0 Å². The Morgan fingerprint density at radius 1 is 1.09 bits per heavy atom. The van der Waals surface area contributed by atoms with Crippen molar-refractivity contribution in [2.45, 2.75) is 23.6 Å². The predicted molar refractivity (Wildman–Crippen MR) is 93.3 cm³/mol. The number of hydrogen-bond donors (Lipinski definition) is 2. The summed E-state index contributed by atoms with van der Waals surface area (Å²) in [4.78, 5) is 13.2. The number of nitrogens with one attached hydrogen (secondary N) is 2. The topological polar surface area (TPSA) is 41.1 Å². The number of amides is 1. The number of carbonyl (C=O) groups is 1. The first-order valence-corrected chi connectivity index (χ1v) is 8.40. The van der Waals surface area contributed by atoms with Gasteiger partial charge in [0.1, 0.15) is 0 Å². The number of benzene rings is 2. The van der Waals surface area contributed by atoms with Crippen molar-refractivity contribution in [3.63, 3.8) is 0 Å². The normalized spacial score (nSPS) is 11.9. The highest BCUT2D eigenvalue weighted by Crippen LogP contribution is 2.22. The third-order valence-corrected chi connectivity index (χ3v) is 4.51. The van der Waals surface area contributed by atoms with E-state index in [9.17, 15) is 4.79 Å². The van der Waals surface area contributed by atoms with Crippen molar-refractivity contribution in [2.24, 2.45) is 0 Å². The van der Waals surface area contributed by atoms with Gasteiger partial charge in [-0.3, -0.25) is 4.79 Å². The second kappa shape index (κ2) is 8.61. The summed E-state index contributed by atoms with van der Waals surface area (Å²) in [5.41, 5.74) is 2.00. The van der Waals surface area contributed by atoms with Crippen LogP contribution in [0.1, 0.15) is 22.8 Å². The molecular weight excluding hydrogens is 292 g/mol. The van der Waals surface area contributed by atoms with E-state index in [2.05, 4.69) is 34.9 Å². The zero-order valence-corrected chi connectivity index (χ0v) is 13.8. The first-order valence-electron chi connectivity index (χ1n) is 7.41. The Hall–Kier alpha value is -1.78. The number of carbonyl (C=O) groups excluding carboxylic acids is 1. The predicted octanol–water partition coefficient (Wildman–Crippen LogP) is 3.32. The van der Waals surface area contributed by atoms with Crippen LogP contribution < -0.4 is 10.6 Å². The van der Waals surface area contributed by atoms with E-state index >= 15 is 0 Å². The van der Waals surface area contributed by atoms with Crippen LogP contribution in [0.3, 0.4) is 0 Å². The fraction of sp³-hybridized carbons (Fsp3) is 0.278. The van der Waals surface area contributed by atoms with Crippen LogP contribution in [0.25, 0.3) is 0 Å². The summed E-state index contributed by atoms with van der Waals surface area (Å²) in [6.45, 7) is 2.66. The average Bonchev–Trinajstić information content (AvgIpc) is 2.59. The van der Waals surface area contributed by atoms with Crippen LogP contribution in [-0.2, 0) is 5.75 Å². The van der Waals surface area contributed by atoms with E-state index in [1.807, 2.05) is 44.3 Å². The minimum absolute atomic E-state index is 0.0262. The maximum Gasteiger partial charge on any atom is 0.251 e. The Bertz CT molecular complexity index is 584. The second-order valence-electron chi connectivity index (χ2n) is 5.20. The molecule has 0 radical (unpaired) electrons. The monoisotopic (exact) mass is 314 g/mol. The summed E-state index contributed by atoms with van der Waals surface area (Å²) in [6, 6.07) is 18.4. The molecule has 0 fully saturated rings. The van der Waals surface area contributed by atoms with Gasteiger partial charge in [0.25, 0.3) is 5.91 Å². The van der Waals surface area contributed by atoms with Gasteiger partial charge in [0.2, 0.25) is 0 Å². The molecule has 0 bridgehead atoms. The Balaban J connectivity index is 1.86. The third-order valence-electron chi connectivity index (χ3n) is 3.43. The zero-order chi connectivity index (χ0) is 15.8. The van der Waals surface area contributed by atoms with E-state index in [0.717, 1.165) is 5.75 Å². The molecule has 1 amide bonds. The van der Waals surface area contributed by atoms with Crippen molar-refractivity contribution in [1.29, 1.82) is 0 Å². The van der Waals surface area contributed by atoms with E-state index in [4.69, 9.17) is 0 Å². The molecule has 0 heterocycles. The largest absolute Gasteiger partial charge is 0.350 e. The molecule has 2 N–H and O–H groups in total. The molecule has 2 aromatic carbocycles. The van der Waals surface area contributed by atoms with Gasteiger partial charge in [-0.1, -0.05) is 30.3 Å². The smallest absolute Gasteiger partial charge is 0.251 e. The molecule has 2 rings (SSSR count). The van der Waals surface area contributed by atoms with Crippen LogP contribution in [0.5, 0.6) is 0 Å². The lowest BCUT2D eigenvalue weighted by Crippen LogP contribution is -2.37. The molecule has 1 unspecified atom stereocenters. The summed E-state index contributed by atoms with van der Waals surface area (Å²) >= 11 is 1.77. The number of hydrogen-bond acceptors (Lipinski definition) is 3. The molecule has 22 heavy (non-hydrogen) atoms. The highest BCUT2D eigenvalue weighted by atomic mass is 32.2. The van der Waals surface area contributed by atoms with Gasteiger partial charge in [-0.2, -0.15) is 0 Å². The number of likely N-dealkylation sites (N-methyl/N-ethyl adjacent to an activating group) is 1. The molecule has 116 valence electrons. The van der Waals surface area contributed by atoms with Crippen LogP contribution in [0, 0.1) is 0 Å². The quantitative estimate of drug-likeness (QED) is 0.770. The van der Waals surface area contributed by atoms with Gasteiger partial charge in [0.05, 0.1) is 0 Å². The van der Waals surface area contributed by atoms with Crippen molar-refractivity contribution in [3.05, 3.63) is 65.7 Å². The first kappa shape index (κ1) is 16.6. The van der Waals surface area contributed by atoms with Crippen molar-refractivity contribution in [2.75, 3.05) is 13.6 Å². The van der Waals surface area contributed by atoms with Crippen LogP contribution in [0.2, 0.25) is 0 Å². The molecule has 0 spiro atoms. The molecule has 4 heteroatoms. The van der Waals surface area contributed by atoms with Crippen molar-refractivity contribution < 1.29 is 4.79 Å². The minimum atomic E-state index is -0.0262. The Labute approximate surface area is 136 Å². The van der Waals surface area contributed by atoms with E-state index in [-0.39, 0.29) is 11.9 Å². The lowest BCUT2D eigenvalue weighted by atomic mass is 10.2. The minimum Gasteiger partial charge on any atom is -0.350 e. The fourth-order valence-electron chi connectivity index (χ4n) is 1.89. The van der Waals surface area contributed by atoms with E-state index < -0.39 is 0 Å². The van der Waals surface area contributed by atoms with Crippen molar-refractivity contribution >= 4 is 17.7 Å². The molecule has 0 aliphatic heterocycles. The third kappa shape index (κ3) is 5.20. The van der Waals surface area contributed by atoms with Gasteiger partial charge in [-0.25, -0.2) is 0 Å². The summed E-state index contributed by atoms with van der Waals surface area (Å²) in [6.07, 6.45) is 0. The molecule has 0 saturated heterocycles. The summed E-state index contributed by atoms with van der Waals surface area (Å²) in [5.74, 6) is 0.910. The number of thioether (sulfide) groups is 1. The molecule has 0 aromatic heterocycles. The van der Waals surface area contributed by atoms with Gasteiger partial charge in [0.15, 0.2) is 0 Å². The molecule has 0 aliphatic carbocycles. The lowest BCUT2D eigenvalue weighted by Gasteiger charge is -2.11. The molecule has 2 aromatic rings. The van der Waals surface area contributed by atoms with Crippen LogP contribution in [0.4, 0.5) is 0 Å². The molecule has 0 aliphatic rings.